The van der Waals surface area contributed by atoms with Crippen LogP contribution in [-0.2, 0) is 4.74 Å². The Morgan fingerprint density at radius 2 is 2.05 bits per heavy atom. The van der Waals surface area contributed by atoms with Crippen LogP contribution in [0, 0.1) is 22.7 Å². The topological polar surface area (TPSA) is 62.1 Å². The van der Waals surface area contributed by atoms with Crippen LogP contribution in [0.25, 0.3) is 0 Å². The molecule has 4 nitrogen and oxygen atoms in total. The molecule has 0 unspecified atom stereocenters. The molecule has 1 saturated carbocycles. The maximum Gasteiger partial charge on any atom is 0.337 e. The Hall–Kier alpha value is -1.86. The number of carbonyl (C=O) groups excluding carboxylic acids is 1. The molecule has 1 aromatic rings. The summed E-state index contributed by atoms with van der Waals surface area (Å²) in [6.07, 6.45) is 4.34. The third-order valence-corrected chi connectivity index (χ3v) is 4.96. The van der Waals surface area contributed by atoms with E-state index in [0.29, 0.717) is 17.0 Å². The molecule has 1 aromatic carbocycles. The molecule has 110 valence electrons. The third-order valence-electron chi connectivity index (χ3n) is 4.96. The first-order valence-corrected chi connectivity index (χ1v) is 7.47. The van der Waals surface area contributed by atoms with E-state index in [1.54, 1.807) is 0 Å². The number of hydrogen-bond donors (Lipinski definition) is 1. The van der Waals surface area contributed by atoms with Gasteiger partial charge in [-0.05, 0) is 55.3 Å². The summed E-state index contributed by atoms with van der Waals surface area (Å²) >= 11 is 0. The molecular weight excluding hydrogens is 264 g/mol. The Balaban J connectivity index is 1.69. The summed E-state index contributed by atoms with van der Waals surface area (Å²) < 4.78 is 4.72. The fourth-order valence-corrected chi connectivity index (χ4v) is 3.77. The number of carbonyl (C=O) groups is 1. The standard InChI is InChI=1S/C17H20N2O2/c1-21-16(20)14-4-2-13(3-5-14)15-10-17(6-7-19-15)8-12(9-17)11-18/h2-5,12,15,19H,6-10H2,1H3/t12?,15-,17?/m0/s1. The number of benzene rings is 1. The molecule has 0 aromatic heterocycles. The molecule has 21 heavy (non-hydrogen) atoms. The van der Waals surface area contributed by atoms with Crippen LogP contribution >= 0.6 is 0 Å². The molecule has 2 aliphatic rings. The summed E-state index contributed by atoms with van der Waals surface area (Å²) in [6.45, 7) is 1.00. The van der Waals surface area contributed by atoms with E-state index >= 15 is 0 Å². The number of nitriles is 1. The van der Waals surface area contributed by atoms with E-state index in [9.17, 15) is 4.79 Å². The van der Waals surface area contributed by atoms with E-state index in [0.717, 1.165) is 25.8 Å². The van der Waals surface area contributed by atoms with Gasteiger partial charge in [0.25, 0.3) is 0 Å². The minimum absolute atomic E-state index is 0.255. The largest absolute Gasteiger partial charge is 0.465 e. The second-order valence-corrected chi connectivity index (χ2v) is 6.31. The van der Waals surface area contributed by atoms with E-state index in [-0.39, 0.29) is 11.9 Å². The Kier molecular flexibility index (Phi) is 3.69. The molecule has 3 rings (SSSR count). The molecule has 2 fully saturated rings. The first-order chi connectivity index (χ1) is 10.2. The highest BCUT2D eigenvalue weighted by Gasteiger charge is 2.47. The minimum Gasteiger partial charge on any atom is -0.465 e. The van der Waals surface area contributed by atoms with Crippen molar-refractivity contribution < 1.29 is 9.53 Å². The average molecular weight is 284 g/mol. The maximum absolute atomic E-state index is 11.5. The van der Waals surface area contributed by atoms with Crippen LogP contribution in [0.5, 0.6) is 0 Å². The summed E-state index contributed by atoms with van der Waals surface area (Å²) in [5.74, 6) is -0.0454. The van der Waals surface area contributed by atoms with Crippen LogP contribution in [0.1, 0.15) is 47.6 Å². The minimum atomic E-state index is -0.300. The average Bonchev–Trinajstić information content (AvgIpc) is 2.52. The van der Waals surface area contributed by atoms with Crippen molar-refractivity contribution in [1.29, 1.82) is 5.26 Å². The number of methoxy groups -OCH3 is 1. The molecule has 1 aliphatic carbocycles. The number of rotatable bonds is 2. The van der Waals surface area contributed by atoms with E-state index in [2.05, 4.69) is 11.4 Å². The summed E-state index contributed by atoms with van der Waals surface area (Å²) in [5, 5.41) is 12.5. The van der Waals surface area contributed by atoms with Crippen molar-refractivity contribution in [2.45, 2.75) is 31.7 Å². The second-order valence-electron chi connectivity index (χ2n) is 6.31. The number of ether oxygens (including phenoxy) is 1. The Morgan fingerprint density at radius 3 is 2.67 bits per heavy atom. The molecule has 0 radical (unpaired) electrons. The number of piperidine rings is 1. The van der Waals surface area contributed by atoms with Crippen molar-refractivity contribution >= 4 is 5.97 Å². The lowest BCUT2D eigenvalue weighted by Gasteiger charge is -2.50. The molecule has 1 spiro atoms. The Bertz CT molecular complexity index is 567. The number of esters is 1. The first kappa shape index (κ1) is 14.1. The van der Waals surface area contributed by atoms with Gasteiger partial charge >= 0.3 is 5.97 Å². The van der Waals surface area contributed by atoms with Crippen LogP contribution in [0.15, 0.2) is 24.3 Å². The van der Waals surface area contributed by atoms with Crippen LogP contribution in [0.4, 0.5) is 0 Å². The van der Waals surface area contributed by atoms with E-state index in [4.69, 9.17) is 10.00 Å². The maximum atomic E-state index is 11.5. The van der Waals surface area contributed by atoms with Crippen molar-refractivity contribution in [1.82, 2.24) is 5.32 Å². The zero-order chi connectivity index (χ0) is 14.9. The monoisotopic (exact) mass is 284 g/mol. The quantitative estimate of drug-likeness (QED) is 0.848. The molecule has 0 amide bonds. The zero-order valence-corrected chi connectivity index (χ0v) is 12.3. The van der Waals surface area contributed by atoms with Crippen molar-refractivity contribution in [3.8, 4) is 6.07 Å². The second kappa shape index (κ2) is 5.50. The molecule has 1 atom stereocenters. The highest BCUT2D eigenvalue weighted by atomic mass is 16.5. The lowest BCUT2D eigenvalue weighted by Crippen LogP contribution is -2.46. The SMILES string of the molecule is COC(=O)c1ccc([C@@H]2CC3(CCN2)CC(C#N)C3)cc1. The van der Waals surface area contributed by atoms with Gasteiger partial charge < -0.3 is 10.1 Å². The zero-order valence-electron chi connectivity index (χ0n) is 12.3. The van der Waals surface area contributed by atoms with Gasteiger partial charge in [0, 0.05) is 12.0 Å². The fraction of sp³-hybridized carbons (Fsp3) is 0.529. The van der Waals surface area contributed by atoms with E-state index in [1.165, 1.54) is 19.1 Å². The lowest BCUT2D eigenvalue weighted by molar-refractivity contribution is 0.0299. The smallest absolute Gasteiger partial charge is 0.337 e. The Labute approximate surface area is 125 Å². The van der Waals surface area contributed by atoms with Crippen molar-refractivity contribution in [2.24, 2.45) is 11.3 Å². The van der Waals surface area contributed by atoms with Crippen LogP contribution < -0.4 is 5.32 Å². The predicted molar refractivity (Wildman–Crippen MR) is 78.5 cm³/mol. The molecular formula is C17H20N2O2. The molecule has 1 saturated heterocycles. The predicted octanol–water partition coefficient (Wildman–Crippen LogP) is 2.82. The molecule has 4 heteroatoms. The summed E-state index contributed by atoms with van der Waals surface area (Å²) in [7, 11) is 1.39. The normalized spacial score (nSPS) is 31.2. The van der Waals surface area contributed by atoms with Gasteiger partial charge in [-0.3, -0.25) is 0 Å². The van der Waals surface area contributed by atoms with E-state index in [1.807, 2.05) is 24.3 Å². The fourth-order valence-electron chi connectivity index (χ4n) is 3.77. The van der Waals surface area contributed by atoms with Crippen LogP contribution in [0.3, 0.4) is 0 Å². The van der Waals surface area contributed by atoms with Gasteiger partial charge in [0.05, 0.1) is 18.7 Å². The summed E-state index contributed by atoms with van der Waals surface area (Å²) in [6, 6.07) is 10.4. The molecule has 0 bridgehead atoms. The van der Waals surface area contributed by atoms with Gasteiger partial charge in [-0.1, -0.05) is 12.1 Å². The lowest BCUT2D eigenvalue weighted by atomic mass is 9.56. The number of nitrogens with one attached hydrogen (secondary N) is 1. The van der Waals surface area contributed by atoms with Gasteiger partial charge in [0.2, 0.25) is 0 Å². The van der Waals surface area contributed by atoms with Crippen molar-refractivity contribution in [3.63, 3.8) is 0 Å². The first-order valence-electron chi connectivity index (χ1n) is 7.47. The van der Waals surface area contributed by atoms with Crippen LogP contribution in [0.2, 0.25) is 0 Å². The number of hydrogen-bond acceptors (Lipinski definition) is 4. The highest BCUT2D eigenvalue weighted by Crippen LogP contribution is 2.54. The molecule has 1 heterocycles. The van der Waals surface area contributed by atoms with Crippen molar-refractivity contribution in [2.75, 3.05) is 13.7 Å². The van der Waals surface area contributed by atoms with Gasteiger partial charge in [0.1, 0.15) is 0 Å². The Morgan fingerprint density at radius 1 is 1.33 bits per heavy atom. The van der Waals surface area contributed by atoms with Gasteiger partial charge in [-0.2, -0.15) is 5.26 Å². The molecule has 1 aliphatic heterocycles. The summed E-state index contributed by atoms with van der Waals surface area (Å²) in [5.41, 5.74) is 2.15. The molecule has 1 N–H and O–H groups in total. The number of nitrogens with zero attached hydrogens (tertiary/aromatic N) is 1. The third kappa shape index (κ3) is 2.66. The van der Waals surface area contributed by atoms with Crippen molar-refractivity contribution in [3.05, 3.63) is 35.4 Å². The summed E-state index contributed by atoms with van der Waals surface area (Å²) in [4.78, 5) is 11.5. The van der Waals surface area contributed by atoms with Crippen LogP contribution in [-0.4, -0.2) is 19.6 Å². The van der Waals surface area contributed by atoms with Gasteiger partial charge in [-0.25, -0.2) is 4.79 Å². The van der Waals surface area contributed by atoms with Gasteiger partial charge in [-0.15, -0.1) is 0 Å². The van der Waals surface area contributed by atoms with E-state index < -0.39 is 0 Å². The highest BCUT2D eigenvalue weighted by molar-refractivity contribution is 5.89. The van der Waals surface area contributed by atoms with Gasteiger partial charge in [0.15, 0.2) is 0 Å².